The number of para-hydroxylation sites is 1. The molecule has 184 valence electrons. The van der Waals surface area contributed by atoms with E-state index in [2.05, 4.69) is 4.90 Å². The Kier molecular flexibility index (Phi) is 4.80. The predicted molar refractivity (Wildman–Crippen MR) is 133 cm³/mol. The van der Waals surface area contributed by atoms with Crippen molar-refractivity contribution in [2.45, 2.75) is 12.5 Å². The van der Waals surface area contributed by atoms with Gasteiger partial charge in [0.25, 0.3) is 5.69 Å². The summed E-state index contributed by atoms with van der Waals surface area (Å²) in [6.45, 7) is 1.41. The van der Waals surface area contributed by atoms with E-state index < -0.39 is 34.2 Å². The van der Waals surface area contributed by atoms with Crippen molar-refractivity contribution < 1.29 is 19.3 Å². The average Bonchev–Trinajstić information content (AvgIpc) is 3.33. The molecular weight excluding hydrogens is 484 g/mol. The molecule has 2 saturated heterocycles. The van der Waals surface area contributed by atoms with Crippen LogP contribution in [-0.2, 0) is 16.0 Å². The average molecular weight is 507 g/mol. The number of rotatable bonds is 2. The Balaban J connectivity index is 1.49. The van der Waals surface area contributed by atoms with Gasteiger partial charge in [0.15, 0.2) is 10.5 Å². The first-order chi connectivity index (χ1) is 17.2. The summed E-state index contributed by atoms with van der Waals surface area (Å²) in [5, 5.41) is 12.3. The minimum atomic E-state index is -1.60. The van der Waals surface area contributed by atoms with Gasteiger partial charge >= 0.3 is 6.03 Å². The first-order valence-corrected chi connectivity index (χ1v) is 12.3. The fourth-order valence-electron chi connectivity index (χ4n) is 5.71. The zero-order valence-corrected chi connectivity index (χ0v) is 20.4. The number of benzene rings is 2. The van der Waals surface area contributed by atoms with E-state index in [-0.39, 0.29) is 12.1 Å². The fourth-order valence-corrected chi connectivity index (χ4v) is 6.71. The number of carbonyl (C=O) groups excluding carboxylic acids is 3. The molecule has 0 saturated carbocycles. The Morgan fingerprint density at radius 3 is 2.47 bits per heavy atom. The number of nitro groups is 1. The van der Waals surface area contributed by atoms with Gasteiger partial charge in [0, 0.05) is 58.0 Å². The van der Waals surface area contributed by atoms with Crippen molar-refractivity contribution in [3.8, 4) is 0 Å². The zero-order valence-electron chi connectivity index (χ0n) is 19.6. The molecule has 12 heteroatoms. The molecule has 1 atom stereocenters. The number of hydrogen-bond donors (Lipinski definition) is 0. The van der Waals surface area contributed by atoms with Gasteiger partial charge in [-0.25, -0.2) is 9.78 Å². The number of nitro benzene ring substituents is 1. The van der Waals surface area contributed by atoms with Gasteiger partial charge in [-0.05, 0) is 23.8 Å². The minimum Gasteiger partial charge on any atom is -0.363 e. The van der Waals surface area contributed by atoms with E-state index in [1.54, 1.807) is 17.4 Å². The number of nitrogens with zero attached hydrogens (tertiary/aromatic N) is 6. The van der Waals surface area contributed by atoms with Crippen LogP contribution in [0.1, 0.15) is 5.56 Å². The number of carbonyl (C=O) groups is 3. The van der Waals surface area contributed by atoms with Crippen LogP contribution in [0.4, 0.5) is 21.3 Å². The molecule has 0 aliphatic carbocycles. The third-order valence-electron chi connectivity index (χ3n) is 7.50. The summed E-state index contributed by atoms with van der Waals surface area (Å²) in [4.78, 5) is 62.0. The molecule has 3 aliphatic rings. The summed E-state index contributed by atoms with van der Waals surface area (Å²) in [5.41, 5.74) is 0.485. The molecule has 1 spiro atoms. The molecule has 2 fully saturated rings. The topological polar surface area (TPSA) is 120 Å². The van der Waals surface area contributed by atoms with Crippen molar-refractivity contribution in [2.75, 3.05) is 43.5 Å². The van der Waals surface area contributed by atoms with Gasteiger partial charge in [-0.2, -0.15) is 0 Å². The Morgan fingerprint density at radius 1 is 1.06 bits per heavy atom. The van der Waals surface area contributed by atoms with Gasteiger partial charge in [-0.15, -0.1) is 0 Å². The highest BCUT2D eigenvalue weighted by Crippen LogP contribution is 2.48. The number of anilines is 2. The summed E-state index contributed by atoms with van der Waals surface area (Å²) < 4.78 is 1.04. The number of amides is 4. The largest absolute Gasteiger partial charge is 0.363 e. The van der Waals surface area contributed by atoms with Gasteiger partial charge in [-0.1, -0.05) is 23.5 Å². The van der Waals surface area contributed by atoms with Gasteiger partial charge in [0.05, 0.1) is 21.2 Å². The molecular formula is C24H22N6O5S. The summed E-state index contributed by atoms with van der Waals surface area (Å²) in [7, 11) is 2.74. The molecule has 3 aromatic rings. The van der Waals surface area contributed by atoms with Crippen LogP contribution in [0.3, 0.4) is 0 Å². The lowest BCUT2D eigenvalue weighted by molar-refractivity contribution is -0.384. The zero-order chi connectivity index (χ0) is 25.4. The highest BCUT2D eigenvalue weighted by atomic mass is 32.1. The van der Waals surface area contributed by atoms with E-state index >= 15 is 0 Å². The van der Waals surface area contributed by atoms with Crippen LogP contribution in [0.2, 0.25) is 0 Å². The summed E-state index contributed by atoms with van der Waals surface area (Å²) >= 11 is 1.55. The van der Waals surface area contributed by atoms with Crippen molar-refractivity contribution in [3.63, 3.8) is 0 Å². The second kappa shape index (κ2) is 7.72. The number of barbiturate groups is 1. The molecule has 0 N–H and O–H groups in total. The standard InChI is InChI=1S/C24H22N6O5S/c1-26-20(31)24(21(32)27(2)23(26)33)12-14-11-15(30(34)35)7-8-17(14)29-10-9-28(13-19(24)29)22-25-16-5-3-4-6-18(16)36-22/h3-8,11,19H,9-10,12-13H2,1-2H3. The molecule has 0 radical (unpaired) electrons. The molecule has 2 aromatic carbocycles. The smallest absolute Gasteiger partial charge is 0.332 e. The SMILES string of the molecule is CN1C(=O)N(C)C(=O)C2(Cc3cc([N+](=O)[O-])ccc3N3CCN(c4nc5ccccc5s4)CC32)C1=O. The minimum absolute atomic E-state index is 0.0293. The van der Waals surface area contributed by atoms with E-state index in [9.17, 15) is 24.5 Å². The molecule has 6 rings (SSSR count). The molecule has 1 aromatic heterocycles. The Bertz CT molecular complexity index is 1410. The number of non-ortho nitro benzene ring substituents is 1. The number of piperazine rings is 1. The third kappa shape index (κ3) is 2.97. The van der Waals surface area contributed by atoms with E-state index in [1.165, 1.54) is 26.2 Å². The molecule has 3 aliphatic heterocycles. The maximum Gasteiger partial charge on any atom is 0.332 e. The number of imide groups is 2. The van der Waals surface area contributed by atoms with Crippen LogP contribution in [0, 0.1) is 15.5 Å². The quantitative estimate of drug-likeness (QED) is 0.295. The maximum absolute atomic E-state index is 13.8. The van der Waals surface area contributed by atoms with E-state index in [4.69, 9.17) is 4.98 Å². The number of hydrogen-bond acceptors (Lipinski definition) is 9. The Morgan fingerprint density at radius 2 is 1.78 bits per heavy atom. The number of aromatic nitrogens is 1. The summed E-state index contributed by atoms with van der Waals surface area (Å²) in [6, 6.07) is 11.1. The highest BCUT2D eigenvalue weighted by Gasteiger charge is 2.64. The molecule has 4 heterocycles. The third-order valence-corrected chi connectivity index (χ3v) is 8.60. The summed E-state index contributed by atoms with van der Waals surface area (Å²) in [6.07, 6.45) is -0.0293. The lowest BCUT2D eigenvalue weighted by Crippen LogP contribution is -2.74. The number of fused-ring (bicyclic) bond motifs is 5. The first kappa shape index (κ1) is 22.4. The Labute approximate surface area is 209 Å². The van der Waals surface area contributed by atoms with E-state index in [1.807, 2.05) is 29.2 Å². The van der Waals surface area contributed by atoms with Crippen LogP contribution >= 0.6 is 11.3 Å². The van der Waals surface area contributed by atoms with E-state index in [0.717, 1.165) is 30.8 Å². The normalized spacial score (nSPS) is 21.3. The summed E-state index contributed by atoms with van der Waals surface area (Å²) in [5.74, 6) is -1.18. The van der Waals surface area contributed by atoms with E-state index in [0.29, 0.717) is 25.2 Å². The number of urea groups is 1. The molecule has 0 bridgehead atoms. The molecule has 11 nitrogen and oxygen atoms in total. The fraction of sp³-hybridized carbons (Fsp3) is 0.333. The van der Waals surface area contributed by atoms with Crippen LogP contribution in [0.25, 0.3) is 10.2 Å². The molecule has 4 amide bonds. The lowest BCUT2D eigenvalue weighted by atomic mass is 9.67. The lowest BCUT2D eigenvalue weighted by Gasteiger charge is -2.56. The molecule has 1 unspecified atom stereocenters. The predicted octanol–water partition coefficient (Wildman–Crippen LogP) is 2.49. The van der Waals surface area contributed by atoms with Gasteiger partial charge in [0.2, 0.25) is 11.8 Å². The molecule has 36 heavy (non-hydrogen) atoms. The number of thiazole rings is 1. The van der Waals surface area contributed by atoms with Gasteiger partial charge in [0.1, 0.15) is 0 Å². The first-order valence-electron chi connectivity index (χ1n) is 11.5. The van der Waals surface area contributed by atoms with Crippen molar-refractivity contribution in [1.29, 1.82) is 0 Å². The van der Waals surface area contributed by atoms with Crippen molar-refractivity contribution >= 4 is 55.9 Å². The second-order valence-corrected chi connectivity index (χ2v) is 10.4. The highest BCUT2D eigenvalue weighted by molar-refractivity contribution is 7.22. The van der Waals surface area contributed by atoms with Crippen LogP contribution in [-0.4, -0.2) is 77.3 Å². The second-order valence-electron chi connectivity index (χ2n) is 9.35. The maximum atomic E-state index is 13.8. The van der Waals surface area contributed by atoms with Gasteiger partial charge in [-0.3, -0.25) is 29.5 Å². The van der Waals surface area contributed by atoms with Crippen molar-refractivity contribution in [1.82, 2.24) is 14.8 Å². The van der Waals surface area contributed by atoms with Crippen LogP contribution < -0.4 is 9.80 Å². The van der Waals surface area contributed by atoms with Crippen LogP contribution in [0.5, 0.6) is 0 Å². The van der Waals surface area contributed by atoms with Gasteiger partial charge < -0.3 is 9.80 Å². The Hall–Kier alpha value is -4.06. The van der Waals surface area contributed by atoms with Crippen LogP contribution in [0.15, 0.2) is 42.5 Å². The monoisotopic (exact) mass is 506 g/mol. The van der Waals surface area contributed by atoms with Crippen molar-refractivity contribution in [3.05, 3.63) is 58.1 Å². The van der Waals surface area contributed by atoms with Crippen molar-refractivity contribution in [2.24, 2.45) is 5.41 Å².